The zero-order valence-corrected chi connectivity index (χ0v) is 9.11. The minimum Gasteiger partial charge on any atom is -0.481 e. The van der Waals surface area contributed by atoms with Gasteiger partial charge in [-0.25, -0.2) is 0 Å². The lowest BCUT2D eigenvalue weighted by molar-refractivity contribution is -0.136. The summed E-state index contributed by atoms with van der Waals surface area (Å²) < 4.78 is 0.430. The number of nitriles is 1. The number of aldehydes is 1. The third-order valence-electron chi connectivity index (χ3n) is 1.77. The van der Waals surface area contributed by atoms with Gasteiger partial charge in [-0.3, -0.25) is 9.59 Å². The van der Waals surface area contributed by atoms with Crippen molar-refractivity contribution in [2.75, 3.05) is 0 Å². The van der Waals surface area contributed by atoms with Crippen molar-refractivity contribution in [2.24, 2.45) is 0 Å². The summed E-state index contributed by atoms with van der Waals surface area (Å²) in [6.45, 7) is 0. The Kier molecular flexibility index (Phi) is 3.58. The molecule has 0 fully saturated rings. The van der Waals surface area contributed by atoms with Crippen molar-refractivity contribution in [1.29, 1.82) is 5.26 Å². The second-order valence-electron chi connectivity index (χ2n) is 2.84. The van der Waals surface area contributed by atoms with Crippen molar-refractivity contribution in [3.05, 3.63) is 33.3 Å². The molecule has 0 atom stereocenters. The van der Waals surface area contributed by atoms with Crippen molar-refractivity contribution in [1.82, 2.24) is 0 Å². The molecular formula is C10H6BrNO3. The number of carboxylic acids is 1. The van der Waals surface area contributed by atoms with E-state index < -0.39 is 5.97 Å². The lowest BCUT2D eigenvalue weighted by Crippen LogP contribution is -2.03. The van der Waals surface area contributed by atoms with Gasteiger partial charge in [0.1, 0.15) is 0 Å². The van der Waals surface area contributed by atoms with Crippen LogP contribution in [0.1, 0.15) is 21.5 Å². The summed E-state index contributed by atoms with van der Waals surface area (Å²) in [5.74, 6) is -1.01. The van der Waals surface area contributed by atoms with Crippen LogP contribution in [0.4, 0.5) is 0 Å². The molecule has 0 aliphatic heterocycles. The molecule has 0 amide bonds. The molecule has 1 rings (SSSR count). The number of carboxylic acid groups (broad SMARTS) is 1. The molecule has 0 radical (unpaired) electrons. The molecule has 0 saturated heterocycles. The Morgan fingerprint density at radius 2 is 2.27 bits per heavy atom. The van der Waals surface area contributed by atoms with Crippen LogP contribution in [0.2, 0.25) is 0 Å². The number of hydrogen-bond donors (Lipinski definition) is 1. The molecular weight excluding hydrogens is 262 g/mol. The highest BCUT2D eigenvalue weighted by molar-refractivity contribution is 9.10. The molecule has 0 spiro atoms. The minimum atomic E-state index is -1.01. The third kappa shape index (κ3) is 2.64. The van der Waals surface area contributed by atoms with Crippen molar-refractivity contribution < 1.29 is 14.7 Å². The Morgan fingerprint density at radius 3 is 2.73 bits per heavy atom. The lowest BCUT2D eigenvalue weighted by Gasteiger charge is -2.04. The second-order valence-corrected chi connectivity index (χ2v) is 3.63. The zero-order chi connectivity index (χ0) is 11.4. The maximum atomic E-state index is 10.6. The zero-order valence-electron chi connectivity index (χ0n) is 7.53. The lowest BCUT2D eigenvalue weighted by atomic mass is 10.0. The summed E-state index contributed by atoms with van der Waals surface area (Å²) in [5.41, 5.74) is 0.977. The van der Waals surface area contributed by atoms with Gasteiger partial charge >= 0.3 is 5.97 Å². The van der Waals surface area contributed by atoms with E-state index in [0.29, 0.717) is 16.3 Å². The minimum absolute atomic E-state index is 0.225. The van der Waals surface area contributed by atoms with Crippen molar-refractivity contribution in [3.63, 3.8) is 0 Å². The summed E-state index contributed by atoms with van der Waals surface area (Å²) in [6, 6.07) is 4.72. The molecule has 0 heterocycles. The van der Waals surface area contributed by atoms with Gasteiger partial charge in [0.25, 0.3) is 0 Å². The molecule has 15 heavy (non-hydrogen) atoms. The van der Waals surface area contributed by atoms with E-state index in [1.165, 1.54) is 12.1 Å². The molecule has 0 aromatic heterocycles. The number of hydrogen-bond acceptors (Lipinski definition) is 3. The number of carbonyl (C=O) groups is 2. The van der Waals surface area contributed by atoms with Gasteiger partial charge in [0.2, 0.25) is 0 Å². The molecule has 1 N–H and O–H groups in total. The molecule has 5 heteroatoms. The van der Waals surface area contributed by atoms with E-state index in [4.69, 9.17) is 10.4 Å². The van der Waals surface area contributed by atoms with Crippen LogP contribution in [0.5, 0.6) is 0 Å². The molecule has 1 aromatic carbocycles. The molecule has 0 unspecified atom stereocenters. The number of halogens is 1. The first-order valence-corrected chi connectivity index (χ1v) is 4.77. The highest BCUT2D eigenvalue weighted by atomic mass is 79.9. The van der Waals surface area contributed by atoms with Gasteiger partial charge in [0, 0.05) is 10.0 Å². The maximum Gasteiger partial charge on any atom is 0.307 e. The van der Waals surface area contributed by atoms with Gasteiger partial charge in [-0.15, -0.1) is 0 Å². The summed E-state index contributed by atoms with van der Waals surface area (Å²) in [7, 11) is 0. The Labute approximate surface area is 94.3 Å². The van der Waals surface area contributed by atoms with Crippen LogP contribution in [0.15, 0.2) is 16.6 Å². The molecule has 4 nitrogen and oxygen atoms in total. The Balaban J connectivity index is 3.31. The molecule has 0 saturated carbocycles. The SMILES string of the molecule is N#Cc1cc(C=O)c(Br)c(CC(=O)O)c1. The Bertz CT molecular complexity index is 462. The highest BCUT2D eigenvalue weighted by Crippen LogP contribution is 2.23. The smallest absolute Gasteiger partial charge is 0.307 e. The summed E-state index contributed by atoms with van der Waals surface area (Å²) >= 11 is 3.13. The van der Waals surface area contributed by atoms with E-state index in [-0.39, 0.29) is 17.5 Å². The highest BCUT2D eigenvalue weighted by Gasteiger charge is 2.10. The van der Waals surface area contributed by atoms with Crippen LogP contribution >= 0.6 is 15.9 Å². The van der Waals surface area contributed by atoms with Crippen LogP contribution in [-0.4, -0.2) is 17.4 Å². The number of aliphatic carboxylic acids is 1. The van der Waals surface area contributed by atoms with E-state index in [1.807, 2.05) is 6.07 Å². The van der Waals surface area contributed by atoms with Crippen molar-refractivity contribution in [3.8, 4) is 6.07 Å². The average Bonchev–Trinajstić information content (AvgIpc) is 2.20. The van der Waals surface area contributed by atoms with Gasteiger partial charge in [-0.1, -0.05) is 0 Å². The first kappa shape index (κ1) is 11.4. The topological polar surface area (TPSA) is 78.2 Å². The first-order chi connectivity index (χ1) is 7.08. The van der Waals surface area contributed by atoms with Gasteiger partial charge < -0.3 is 5.11 Å². The molecule has 0 aliphatic rings. The second kappa shape index (κ2) is 4.71. The molecule has 76 valence electrons. The average molecular weight is 268 g/mol. The van der Waals surface area contributed by atoms with E-state index in [2.05, 4.69) is 15.9 Å². The fourth-order valence-electron chi connectivity index (χ4n) is 1.15. The van der Waals surface area contributed by atoms with Crippen LogP contribution in [-0.2, 0) is 11.2 Å². The number of rotatable bonds is 3. The van der Waals surface area contributed by atoms with Crippen LogP contribution in [0.3, 0.4) is 0 Å². The van der Waals surface area contributed by atoms with Crippen LogP contribution in [0, 0.1) is 11.3 Å². The molecule has 0 bridgehead atoms. The Morgan fingerprint density at radius 1 is 1.60 bits per heavy atom. The number of benzene rings is 1. The third-order valence-corrected chi connectivity index (χ3v) is 2.74. The van der Waals surface area contributed by atoms with Gasteiger partial charge in [0.05, 0.1) is 18.1 Å². The molecule has 1 aromatic rings. The predicted octanol–water partition coefficient (Wildman–Crippen LogP) is 1.76. The first-order valence-electron chi connectivity index (χ1n) is 3.98. The normalized spacial score (nSPS) is 9.33. The molecule has 0 aliphatic carbocycles. The van der Waals surface area contributed by atoms with Crippen molar-refractivity contribution >= 4 is 28.2 Å². The van der Waals surface area contributed by atoms with E-state index in [9.17, 15) is 9.59 Å². The van der Waals surface area contributed by atoms with E-state index in [1.54, 1.807) is 0 Å². The monoisotopic (exact) mass is 267 g/mol. The van der Waals surface area contributed by atoms with Gasteiger partial charge in [-0.05, 0) is 33.6 Å². The van der Waals surface area contributed by atoms with Gasteiger partial charge in [0.15, 0.2) is 6.29 Å². The Hall–Kier alpha value is -1.67. The predicted molar refractivity (Wildman–Crippen MR) is 55.6 cm³/mol. The standard InChI is InChI=1S/C10H6BrNO3/c11-10-7(3-9(14)15)1-6(4-12)2-8(10)5-13/h1-2,5H,3H2,(H,14,15). The summed E-state index contributed by atoms with van der Waals surface area (Å²) in [5, 5.41) is 17.3. The number of nitrogens with zero attached hydrogens (tertiary/aromatic N) is 1. The number of carbonyl (C=O) groups excluding carboxylic acids is 1. The fraction of sp³-hybridized carbons (Fsp3) is 0.100. The largest absolute Gasteiger partial charge is 0.481 e. The van der Waals surface area contributed by atoms with Crippen LogP contribution < -0.4 is 0 Å². The van der Waals surface area contributed by atoms with Crippen molar-refractivity contribution in [2.45, 2.75) is 6.42 Å². The fourth-order valence-corrected chi connectivity index (χ4v) is 1.61. The van der Waals surface area contributed by atoms with Crippen LogP contribution in [0.25, 0.3) is 0 Å². The van der Waals surface area contributed by atoms with E-state index in [0.717, 1.165) is 0 Å². The summed E-state index contributed by atoms with van der Waals surface area (Å²) in [4.78, 5) is 21.2. The van der Waals surface area contributed by atoms with Gasteiger partial charge in [-0.2, -0.15) is 5.26 Å². The quantitative estimate of drug-likeness (QED) is 0.847. The van der Waals surface area contributed by atoms with E-state index >= 15 is 0 Å². The maximum absolute atomic E-state index is 10.6. The summed E-state index contributed by atoms with van der Waals surface area (Å²) in [6.07, 6.45) is 0.354.